The molecule has 2 heteroatoms. The maximum atomic E-state index is 9.64. The average Bonchev–Trinajstić information content (AvgIpc) is 2.41. The van der Waals surface area contributed by atoms with Gasteiger partial charge in [-0.2, -0.15) is 0 Å². The molecule has 0 bridgehead atoms. The quantitative estimate of drug-likeness (QED) is 0.466. The van der Waals surface area contributed by atoms with E-state index in [-0.39, 0.29) is 11.5 Å². The van der Waals surface area contributed by atoms with Crippen LogP contribution >= 0.6 is 0 Å². The number of phenolic OH excluding ortho intramolecular Hbond substituents is 2. The molecule has 1 aromatic rings. The Labute approximate surface area is 117 Å². The molecule has 108 valence electrons. The van der Waals surface area contributed by atoms with Crippen LogP contribution in [0.3, 0.4) is 0 Å². The SMILES string of the molecule is CCCCCC(CCCCC)c1ccc(O)c(O)c1. The lowest BCUT2D eigenvalue weighted by atomic mass is 9.88. The molecule has 0 saturated carbocycles. The summed E-state index contributed by atoms with van der Waals surface area (Å²) in [6.45, 7) is 4.44. The fourth-order valence-electron chi connectivity index (χ4n) is 2.55. The predicted molar refractivity (Wildman–Crippen MR) is 80.8 cm³/mol. The van der Waals surface area contributed by atoms with Crippen LogP contribution in [0.2, 0.25) is 0 Å². The minimum absolute atomic E-state index is 0.00785. The van der Waals surface area contributed by atoms with Crippen LogP contribution in [-0.4, -0.2) is 10.2 Å². The predicted octanol–water partition coefficient (Wildman–Crippen LogP) is 5.34. The summed E-state index contributed by atoms with van der Waals surface area (Å²) in [6.07, 6.45) is 9.88. The summed E-state index contributed by atoms with van der Waals surface area (Å²) in [7, 11) is 0. The largest absolute Gasteiger partial charge is 0.504 e. The van der Waals surface area contributed by atoms with Gasteiger partial charge in [0.1, 0.15) is 0 Å². The Morgan fingerprint density at radius 1 is 0.842 bits per heavy atom. The van der Waals surface area contributed by atoms with Crippen LogP contribution < -0.4 is 0 Å². The highest BCUT2D eigenvalue weighted by Gasteiger charge is 2.13. The van der Waals surface area contributed by atoms with Crippen molar-refractivity contribution in [1.82, 2.24) is 0 Å². The van der Waals surface area contributed by atoms with Crippen LogP contribution in [0.5, 0.6) is 11.5 Å². The van der Waals surface area contributed by atoms with Gasteiger partial charge in [-0.3, -0.25) is 0 Å². The normalized spacial score (nSPS) is 11.1. The Hall–Kier alpha value is -1.18. The third kappa shape index (κ3) is 5.54. The molecule has 0 aromatic heterocycles. The molecule has 0 unspecified atom stereocenters. The molecule has 0 spiro atoms. The van der Waals surface area contributed by atoms with Crippen LogP contribution in [0.15, 0.2) is 18.2 Å². The van der Waals surface area contributed by atoms with E-state index < -0.39 is 0 Å². The molecule has 0 aliphatic rings. The van der Waals surface area contributed by atoms with Crippen molar-refractivity contribution in [2.75, 3.05) is 0 Å². The first-order chi connectivity index (χ1) is 9.19. The Bertz CT molecular complexity index is 350. The number of hydrogen-bond acceptors (Lipinski definition) is 2. The highest BCUT2D eigenvalue weighted by molar-refractivity contribution is 5.41. The van der Waals surface area contributed by atoms with Crippen molar-refractivity contribution >= 4 is 0 Å². The van der Waals surface area contributed by atoms with Crippen molar-refractivity contribution < 1.29 is 10.2 Å². The second kappa shape index (κ2) is 8.84. The minimum atomic E-state index is -0.0235. The number of hydrogen-bond donors (Lipinski definition) is 2. The second-order valence-corrected chi connectivity index (χ2v) is 5.44. The van der Waals surface area contributed by atoms with Crippen molar-refractivity contribution in [3.05, 3.63) is 23.8 Å². The summed E-state index contributed by atoms with van der Waals surface area (Å²) in [5.41, 5.74) is 1.17. The van der Waals surface area contributed by atoms with Gasteiger partial charge in [0.2, 0.25) is 0 Å². The maximum Gasteiger partial charge on any atom is 0.157 e. The van der Waals surface area contributed by atoms with E-state index in [1.165, 1.54) is 56.9 Å². The summed E-state index contributed by atoms with van der Waals surface area (Å²) in [4.78, 5) is 0. The first-order valence-electron chi connectivity index (χ1n) is 7.70. The van der Waals surface area contributed by atoms with E-state index in [2.05, 4.69) is 13.8 Å². The highest BCUT2D eigenvalue weighted by atomic mass is 16.3. The van der Waals surface area contributed by atoms with Crippen molar-refractivity contribution in [2.45, 2.75) is 71.1 Å². The molecule has 0 amide bonds. The number of phenols is 2. The van der Waals surface area contributed by atoms with E-state index in [9.17, 15) is 10.2 Å². The molecule has 19 heavy (non-hydrogen) atoms. The summed E-state index contributed by atoms with van der Waals surface area (Å²) in [5.74, 6) is 0.502. The number of rotatable bonds is 9. The zero-order valence-corrected chi connectivity index (χ0v) is 12.4. The average molecular weight is 264 g/mol. The van der Waals surface area contributed by atoms with Crippen molar-refractivity contribution in [3.63, 3.8) is 0 Å². The minimum Gasteiger partial charge on any atom is -0.504 e. The molecule has 0 radical (unpaired) electrons. The Kier molecular flexibility index (Phi) is 7.39. The third-order valence-electron chi connectivity index (χ3n) is 3.78. The van der Waals surface area contributed by atoms with Crippen LogP contribution in [-0.2, 0) is 0 Å². The second-order valence-electron chi connectivity index (χ2n) is 5.44. The molecule has 0 fully saturated rings. The van der Waals surface area contributed by atoms with Crippen LogP contribution in [0.1, 0.15) is 76.7 Å². The summed E-state index contributed by atoms with van der Waals surface area (Å²) < 4.78 is 0. The fraction of sp³-hybridized carbons (Fsp3) is 0.647. The van der Waals surface area contributed by atoms with E-state index >= 15 is 0 Å². The number of benzene rings is 1. The van der Waals surface area contributed by atoms with Gasteiger partial charge in [0, 0.05) is 0 Å². The molecule has 0 heterocycles. The number of unbranched alkanes of at least 4 members (excludes halogenated alkanes) is 4. The molecule has 1 rings (SSSR count). The zero-order valence-electron chi connectivity index (χ0n) is 12.4. The van der Waals surface area contributed by atoms with E-state index in [1.54, 1.807) is 12.1 Å². The first kappa shape index (κ1) is 15.9. The van der Waals surface area contributed by atoms with Gasteiger partial charge < -0.3 is 10.2 Å². The van der Waals surface area contributed by atoms with Crippen molar-refractivity contribution in [2.24, 2.45) is 0 Å². The first-order valence-corrected chi connectivity index (χ1v) is 7.70. The molecular weight excluding hydrogens is 236 g/mol. The Morgan fingerprint density at radius 3 is 1.89 bits per heavy atom. The molecule has 0 aliphatic heterocycles. The standard InChI is InChI=1S/C17H28O2/c1-3-5-7-9-14(10-8-6-4-2)15-11-12-16(18)17(19)13-15/h11-14,18-19H,3-10H2,1-2H3. The lowest BCUT2D eigenvalue weighted by molar-refractivity contribution is 0.401. The van der Waals surface area contributed by atoms with Gasteiger partial charge in [-0.15, -0.1) is 0 Å². The van der Waals surface area contributed by atoms with E-state index in [0.29, 0.717) is 5.92 Å². The Balaban J connectivity index is 2.66. The molecular formula is C17H28O2. The Morgan fingerprint density at radius 2 is 1.42 bits per heavy atom. The molecule has 0 atom stereocenters. The fourth-order valence-corrected chi connectivity index (χ4v) is 2.55. The van der Waals surface area contributed by atoms with E-state index in [4.69, 9.17) is 0 Å². The molecule has 0 saturated heterocycles. The van der Waals surface area contributed by atoms with Gasteiger partial charge in [0.25, 0.3) is 0 Å². The molecule has 2 N–H and O–H groups in total. The zero-order chi connectivity index (χ0) is 14.1. The highest BCUT2D eigenvalue weighted by Crippen LogP contribution is 2.33. The maximum absolute atomic E-state index is 9.64. The van der Waals surface area contributed by atoms with Gasteiger partial charge >= 0.3 is 0 Å². The number of aromatic hydroxyl groups is 2. The van der Waals surface area contributed by atoms with Gasteiger partial charge in [-0.05, 0) is 36.5 Å². The van der Waals surface area contributed by atoms with Crippen LogP contribution in [0.25, 0.3) is 0 Å². The van der Waals surface area contributed by atoms with E-state index in [0.717, 1.165) is 0 Å². The smallest absolute Gasteiger partial charge is 0.157 e. The lowest BCUT2D eigenvalue weighted by Gasteiger charge is -2.18. The van der Waals surface area contributed by atoms with Gasteiger partial charge in [-0.25, -0.2) is 0 Å². The summed E-state index contributed by atoms with van der Waals surface area (Å²) in [5, 5.41) is 19.0. The topological polar surface area (TPSA) is 40.5 Å². The summed E-state index contributed by atoms with van der Waals surface area (Å²) in [6, 6.07) is 5.30. The summed E-state index contributed by atoms with van der Waals surface area (Å²) >= 11 is 0. The van der Waals surface area contributed by atoms with E-state index in [1.807, 2.05) is 6.07 Å². The molecule has 1 aromatic carbocycles. The third-order valence-corrected chi connectivity index (χ3v) is 3.78. The van der Waals surface area contributed by atoms with Crippen LogP contribution in [0, 0.1) is 0 Å². The van der Waals surface area contributed by atoms with Gasteiger partial charge in [0.15, 0.2) is 11.5 Å². The van der Waals surface area contributed by atoms with Crippen LogP contribution in [0.4, 0.5) is 0 Å². The molecule has 2 nitrogen and oxygen atoms in total. The monoisotopic (exact) mass is 264 g/mol. The van der Waals surface area contributed by atoms with Gasteiger partial charge in [-0.1, -0.05) is 58.4 Å². The van der Waals surface area contributed by atoms with Crippen molar-refractivity contribution in [1.29, 1.82) is 0 Å². The van der Waals surface area contributed by atoms with Gasteiger partial charge in [0.05, 0.1) is 0 Å². The molecule has 0 aliphatic carbocycles. The van der Waals surface area contributed by atoms with Crippen molar-refractivity contribution in [3.8, 4) is 11.5 Å². The lowest BCUT2D eigenvalue weighted by Crippen LogP contribution is -1.99.